The standard InChI is InChI=1S/C16H24N2O5/c1-4-16(5-2,15(19)20)11-17-10-12-9-13(18(21)22)7-8-14(12)23-6-3/h7-9,17H,4-6,10-11H2,1-3H3,(H,19,20). The zero-order valence-electron chi connectivity index (χ0n) is 13.8. The molecule has 128 valence electrons. The maximum absolute atomic E-state index is 11.5. The summed E-state index contributed by atoms with van der Waals surface area (Å²) in [5.74, 6) is -0.265. The van der Waals surface area contributed by atoms with E-state index in [1.54, 1.807) is 6.07 Å². The number of rotatable bonds is 10. The van der Waals surface area contributed by atoms with E-state index in [1.807, 2.05) is 20.8 Å². The number of hydrogen-bond donors (Lipinski definition) is 2. The summed E-state index contributed by atoms with van der Waals surface area (Å²) in [6.07, 6.45) is 1.03. The maximum Gasteiger partial charge on any atom is 0.310 e. The first-order chi connectivity index (χ1) is 10.9. The van der Waals surface area contributed by atoms with E-state index in [4.69, 9.17) is 4.74 Å². The number of carboxylic acid groups (broad SMARTS) is 1. The molecule has 0 amide bonds. The highest BCUT2D eigenvalue weighted by molar-refractivity contribution is 5.74. The van der Waals surface area contributed by atoms with Crippen molar-refractivity contribution in [3.63, 3.8) is 0 Å². The molecule has 0 radical (unpaired) electrons. The van der Waals surface area contributed by atoms with Gasteiger partial charge in [-0.1, -0.05) is 13.8 Å². The molecule has 0 aromatic heterocycles. The fourth-order valence-corrected chi connectivity index (χ4v) is 2.43. The van der Waals surface area contributed by atoms with Crippen LogP contribution in [-0.2, 0) is 11.3 Å². The van der Waals surface area contributed by atoms with Crippen molar-refractivity contribution in [3.05, 3.63) is 33.9 Å². The molecule has 0 bridgehead atoms. The van der Waals surface area contributed by atoms with Crippen molar-refractivity contribution >= 4 is 11.7 Å². The first-order valence-electron chi connectivity index (χ1n) is 7.74. The molecule has 0 aliphatic carbocycles. The predicted octanol–water partition coefficient (Wildman–Crippen LogP) is 2.97. The third-order valence-electron chi connectivity index (χ3n) is 4.14. The van der Waals surface area contributed by atoms with Crippen molar-refractivity contribution in [2.45, 2.75) is 40.2 Å². The van der Waals surface area contributed by atoms with Crippen LogP contribution in [0, 0.1) is 15.5 Å². The molecule has 0 saturated carbocycles. The highest BCUT2D eigenvalue weighted by atomic mass is 16.6. The topological polar surface area (TPSA) is 102 Å². The normalized spacial score (nSPS) is 11.3. The second-order valence-corrected chi connectivity index (χ2v) is 5.38. The number of nitrogens with zero attached hydrogens (tertiary/aromatic N) is 1. The second-order valence-electron chi connectivity index (χ2n) is 5.38. The van der Waals surface area contributed by atoms with Gasteiger partial charge in [0.1, 0.15) is 5.75 Å². The number of hydrogen-bond acceptors (Lipinski definition) is 5. The van der Waals surface area contributed by atoms with Gasteiger partial charge in [-0.05, 0) is 25.8 Å². The molecule has 0 saturated heterocycles. The highest BCUT2D eigenvalue weighted by Crippen LogP contribution is 2.27. The Bertz CT molecular complexity index is 555. The average molecular weight is 324 g/mol. The van der Waals surface area contributed by atoms with Gasteiger partial charge in [-0.2, -0.15) is 0 Å². The second kappa shape index (κ2) is 8.47. The molecule has 0 spiro atoms. The first kappa shape index (κ1) is 18.9. The van der Waals surface area contributed by atoms with E-state index in [1.165, 1.54) is 12.1 Å². The van der Waals surface area contributed by atoms with Gasteiger partial charge in [-0.3, -0.25) is 14.9 Å². The zero-order valence-corrected chi connectivity index (χ0v) is 13.8. The van der Waals surface area contributed by atoms with Crippen molar-refractivity contribution in [2.24, 2.45) is 5.41 Å². The lowest BCUT2D eigenvalue weighted by Crippen LogP contribution is -2.40. The van der Waals surface area contributed by atoms with E-state index < -0.39 is 16.3 Å². The number of nitrogens with one attached hydrogen (secondary N) is 1. The van der Waals surface area contributed by atoms with Crippen molar-refractivity contribution in [2.75, 3.05) is 13.2 Å². The fourth-order valence-electron chi connectivity index (χ4n) is 2.43. The summed E-state index contributed by atoms with van der Waals surface area (Å²) >= 11 is 0. The fraction of sp³-hybridized carbons (Fsp3) is 0.562. The molecular weight excluding hydrogens is 300 g/mol. The van der Waals surface area contributed by atoms with Crippen LogP contribution in [0.4, 0.5) is 5.69 Å². The molecule has 1 aromatic rings. The monoisotopic (exact) mass is 324 g/mol. The van der Waals surface area contributed by atoms with Gasteiger partial charge < -0.3 is 15.2 Å². The van der Waals surface area contributed by atoms with Gasteiger partial charge in [0.05, 0.1) is 16.9 Å². The molecule has 2 N–H and O–H groups in total. The quantitative estimate of drug-likeness (QED) is 0.507. The van der Waals surface area contributed by atoms with E-state index in [0.717, 1.165) is 0 Å². The Kier molecular flexibility index (Phi) is 6.96. The van der Waals surface area contributed by atoms with Gasteiger partial charge in [-0.15, -0.1) is 0 Å². The SMILES string of the molecule is CCOc1ccc([N+](=O)[O-])cc1CNCC(CC)(CC)C(=O)O. The van der Waals surface area contributed by atoms with Gasteiger partial charge in [0, 0.05) is 30.8 Å². The number of nitro benzene ring substituents is 1. The van der Waals surface area contributed by atoms with E-state index >= 15 is 0 Å². The van der Waals surface area contributed by atoms with Gasteiger partial charge in [0.2, 0.25) is 0 Å². The van der Waals surface area contributed by atoms with Crippen LogP contribution in [0.2, 0.25) is 0 Å². The number of non-ortho nitro benzene ring substituents is 1. The minimum atomic E-state index is -0.834. The number of nitro groups is 1. The van der Waals surface area contributed by atoms with Gasteiger partial charge >= 0.3 is 5.97 Å². The minimum absolute atomic E-state index is 0.0132. The van der Waals surface area contributed by atoms with Crippen LogP contribution < -0.4 is 10.1 Å². The molecule has 1 rings (SSSR count). The third-order valence-corrected chi connectivity index (χ3v) is 4.14. The number of benzene rings is 1. The summed E-state index contributed by atoms with van der Waals surface area (Å²) in [4.78, 5) is 21.9. The number of carbonyl (C=O) groups is 1. The molecule has 23 heavy (non-hydrogen) atoms. The summed E-state index contributed by atoms with van der Waals surface area (Å²) in [5, 5.41) is 23.4. The largest absolute Gasteiger partial charge is 0.494 e. The van der Waals surface area contributed by atoms with Crippen LogP contribution in [0.3, 0.4) is 0 Å². The molecule has 0 aliphatic heterocycles. The van der Waals surface area contributed by atoms with Crippen molar-refractivity contribution in [1.82, 2.24) is 5.32 Å². The average Bonchev–Trinajstić information content (AvgIpc) is 2.53. The van der Waals surface area contributed by atoms with Crippen LogP contribution in [0.15, 0.2) is 18.2 Å². The van der Waals surface area contributed by atoms with Crippen LogP contribution >= 0.6 is 0 Å². The van der Waals surface area contributed by atoms with Crippen LogP contribution in [0.1, 0.15) is 39.2 Å². The maximum atomic E-state index is 11.5. The number of carboxylic acids is 1. The Labute approximate surface area is 135 Å². The summed E-state index contributed by atoms with van der Waals surface area (Å²) in [6.45, 7) is 6.59. The molecule has 0 atom stereocenters. The molecule has 7 nitrogen and oxygen atoms in total. The van der Waals surface area contributed by atoms with Gasteiger partial charge in [0.25, 0.3) is 5.69 Å². The van der Waals surface area contributed by atoms with Crippen molar-refractivity contribution < 1.29 is 19.6 Å². The summed E-state index contributed by atoms with van der Waals surface area (Å²) in [7, 11) is 0. The van der Waals surface area contributed by atoms with Crippen molar-refractivity contribution in [1.29, 1.82) is 0 Å². The van der Waals surface area contributed by atoms with Crippen LogP contribution in [0.5, 0.6) is 5.75 Å². The summed E-state index contributed by atoms with van der Waals surface area (Å²) in [6, 6.07) is 4.43. The highest BCUT2D eigenvalue weighted by Gasteiger charge is 2.34. The van der Waals surface area contributed by atoms with Crippen molar-refractivity contribution in [3.8, 4) is 5.75 Å². The Hall–Kier alpha value is -2.15. The zero-order chi connectivity index (χ0) is 17.5. The van der Waals surface area contributed by atoms with Gasteiger partial charge in [0.15, 0.2) is 0 Å². The molecule has 1 aromatic carbocycles. The Morgan fingerprint density at radius 3 is 2.48 bits per heavy atom. The summed E-state index contributed by atoms with van der Waals surface area (Å²) < 4.78 is 5.48. The van der Waals surface area contributed by atoms with Gasteiger partial charge in [-0.25, -0.2) is 0 Å². The number of aliphatic carboxylic acids is 1. The van der Waals surface area contributed by atoms with Crippen LogP contribution in [0.25, 0.3) is 0 Å². The number of ether oxygens (including phenoxy) is 1. The molecule has 0 fully saturated rings. The first-order valence-corrected chi connectivity index (χ1v) is 7.74. The Balaban J connectivity index is 2.88. The minimum Gasteiger partial charge on any atom is -0.494 e. The molecular formula is C16H24N2O5. The summed E-state index contributed by atoms with van der Waals surface area (Å²) in [5.41, 5.74) is -0.194. The van der Waals surface area contributed by atoms with E-state index in [2.05, 4.69) is 5.32 Å². The van der Waals surface area contributed by atoms with Crippen LogP contribution in [-0.4, -0.2) is 29.2 Å². The van der Waals surface area contributed by atoms with E-state index in [9.17, 15) is 20.0 Å². The molecule has 7 heteroatoms. The van der Waals surface area contributed by atoms with E-state index in [-0.39, 0.29) is 5.69 Å². The lowest BCUT2D eigenvalue weighted by atomic mass is 9.82. The predicted molar refractivity (Wildman–Crippen MR) is 86.6 cm³/mol. The molecule has 0 aliphatic rings. The lowest BCUT2D eigenvalue weighted by molar-refractivity contribution is -0.384. The third kappa shape index (κ3) is 4.66. The van der Waals surface area contributed by atoms with E-state index in [0.29, 0.717) is 43.9 Å². The Morgan fingerprint density at radius 1 is 1.35 bits per heavy atom. The molecule has 0 heterocycles. The smallest absolute Gasteiger partial charge is 0.310 e. The lowest BCUT2D eigenvalue weighted by Gasteiger charge is -2.27. The Morgan fingerprint density at radius 2 is 2.00 bits per heavy atom. The molecule has 0 unspecified atom stereocenters.